The van der Waals surface area contributed by atoms with Crippen molar-refractivity contribution in [1.29, 1.82) is 0 Å². The molecule has 0 aliphatic heterocycles. The van der Waals surface area contributed by atoms with Crippen LogP contribution in [0.15, 0.2) is 53.4 Å². The summed E-state index contributed by atoms with van der Waals surface area (Å²) in [6, 6.07) is 12.5. The number of sulfonamides is 1. The summed E-state index contributed by atoms with van der Waals surface area (Å²) in [4.78, 5) is 14.1. The number of nitrogens with zero attached hydrogens (tertiary/aromatic N) is 1. The molecule has 2 aromatic carbocycles. The van der Waals surface area contributed by atoms with E-state index in [9.17, 15) is 13.2 Å². The number of carbonyl (C=O) groups is 1. The van der Waals surface area contributed by atoms with Gasteiger partial charge in [-0.3, -0.25) is 9.52 Å². The molecule has 7 nitrogen and oxygen atoms in total. The van der Waals surface area contributed by atoms with Crippen molar-refractivity contribution in [2.45, 2.75) is 11.8 Å². The lowest BCUT2D eigenvalue weighted by molar-refractivity contribution is 0.0951. The van der Waals surface area contributed by atoms with E-state index in [1.165, 1.54) is 24.3 Å². The van der Waals surface area contributed by atoms with Gasteiger partial charge in [-0.25, -0.2) is 8.42 Å². The molecule has 0 heterocycles. The van der Waals surface area contributed by atoms with Gasteiger partial charge in [0.15, 0.2) is 0 Å². The van der Waals surface area contributed by atoms with E-state index < -0.39 is 10.0 Å². The number of hydrogen-bond donors (Lipinski definition) is 2. The number of benzene rings is 2. The zero-order valence-electron chi connectivity index (χ0n) is 15.7. The molecule has 0 atom stereocenters. The molecule has 0 radical (unpaired) electrons. The molecule has 27 heavy (non-hydrogen) atoms. The first-order chi connectivity index (χ1) is 12.8. The highest BCUT2D eigenvalue weighted by molar-refractivity contribution is 7.92. The van der Waals surface area contributed by atoms with Crippen LogP contribution in [0.1, 0.15) is 17.3 Å². The summed E-state index contributed by atoms with van der Waals surface area (Å²) in [6.45, 7) is 3.67. The SMILES string of the molecule is CCOc1ccc(NS(=O)(=O)c2ccc(C(=O)NCCN(C)C)cc2)cc1. The summed E-state index contributed by atoms with van der Waals surface area (Å²) in [5, 5.41) is 2.79. The molecule has 2 rings (SSSR count). The monoisotopic (exact) mass is 391 g/mol. The second kappa shape index (κ2) is 9.38. The third-order valence-corrected chi connectivity index (χ3v) is 5.09. The molecule has 0 fully saturated rings. The molecule has 0 aliphatic carbocycles. The van der Waals surface area contributed by atoms with Crippen molar-refractivity contribution in [3.8, 4) is 5.75 Å². The molecule has 2 aromatic rings. The first-order valence-electron chi connectivity index (χ1n) is 8.60. The quantitative estimate of drug-likeness (QED) is 0.684. The minimum absolute atomic E-state index is 0.0845. The number of rotatable bonds is 9. The smallest absolute Gasteiger partial charge is 0.261 e. The van der Waals surface area contributed by atoms with Crippen molar-refractivity contribution >= 4 is 21.6 Å². The molecule has 0 spiro atoms. The third-order valence-electron chi connectivity index (χ3n) is 3.69. The van der Waals surface area contributed by atoms with Gasteiger partial charge in [0.2, 0.25) is 0 Å². The van der Waals surface area contributed by atoms with E-state index in [0.29, 0.717) is 30.2 Å². The van der Waals surface area contributed by atoms with Crippen molar-refractivity contribution in [1.82, 2.24) is 10.2 Å². The van der Waals surface area contributed by atoms with Gasteiger partial charge in [0.25, 0.3) is 15.9 Å². The van der Waals surface area contributed by atoms with E-state index >= 15 is 0 Å². The highest BCUT2D eigenvalue weighted by atomic mass is 32.2. The lowest BCUT2D eigenvalue weighted by Crippen LogP contribution is -2.31. The zero-order valence-corrected chi connectivity index (χ0v) is 16.5. The average molecular weight is 391 g/mol. The Hall–Kier alpha value is -2.58. The maximum atomic E-state index is 12.5. The van der Waals surface area contributed by atoms with Crippen LogP contribution in [0.3, 0.4) is 0 Å². The van der Waals surface area contributed by atoms with E-state index in [4.69, 9.17) is 4.74 Å². The molecular weight excluding hydrogens is 366 g/mol. The van der Waals surface area contributed by atoms with E-state index in [2.05, 4.69) is 10.0 Å². The Morgan fingerprint density at radius 2 is 1.67 bits per heavy atom. The molecule has 0 unspecified atom stereocenters. The van der Waals surface area contributed by atoms with Crippen LogP contribution in [0.2, 0.25) is 0 Å². The Bertz CT molecular complexity index is 848. The summed E-state index contributed by atoms with van der Waals surface area (Å²) >= 11 is 0. The average Bonchev–Trinajstić information content (AvgIpc) is 2.63. The van der Waals surface area contributed by atoms with Crippen LogP contribution < -0.4 is 14.8 Å². The first-order valence-corrected chi connectivity index (χ1v) is 10.1. The Kier molecular flexibility index (Phi) is 7.20. The van der Waals surface area contributed by atoms with Crippen LogP contribution >= 0.6 is 0 Å². The first kappa shape index (κ1) is 20.7. The Labute approximate surface area is 160 Å². The van der Waals surface area contributed by atoms with Crippen molar-refractivity contribution < 1.29 is 17.9 Å². The zero-order chi connectivity index (χ0) is 19.9. The van der Waals surface area contributed by atoms with Crippen LogP contribution in [0.5, 0.6) is 5.75 Å². The molecule has 2 N–H and O–H groups in total. The van der Waals surface area contributed by atoms with Gasteiger partial charge in [0, 0.05) is 24.3 Å². The number of hydrogen-bond acceptors (Lipinski definition) is 5. The number of amides is 1. The molecule has 0 saturated heterocycles. The van der Waals surface area contributed by atoms with Crippen LogP contribution in [0.4, 0.5) is 5.69 Å². The van der Waals surface area contributed by atoms with E-state index in [1.54, 1.807) is 24.3 Å². The van der Waals surface area contributed by atoms with Crippen LogP contribution in [-0.4, -0.2) is 53.0 Å². The molecule has 0 aliphatic rings. The maximum absolute atomic E-state index is 12.5. The van der Waals surface area contributed by atoms with Crippen molar-refractivity contribution in [3.05, 3.63) is 54.1 Å². The van der Waals surface area contributed by atoms with Crippen molar-refractivity contribution in [3.63, 3.8) is 0 Å². The largest absolute Gasteiger partial charge is 0.494 e. The van der Waals surface area contributed by atoms with Gasteiger partial charge in [-0.2, -0.15) is 0 Å². The molecule has 0 aromatic heterocycles. The number of likely N-dealkylation sites (N-methyl/N-ethyl adjacent to an activating group) is 1. The van der Waals surface area contributed by atoms with Crippen molar-refractivity contribution in [2.24, 2.45) is 0 Å². The van der Waals surface area contributed by atoms with Gasteiger partial charge in [-0.05, 0) is 69.6 Å². The molecule has 1 amide bonds. The fourth-order valence-electron chi connectivity index (χ4n) is 2.28. The van der Waals surface area contributed by atoms with E-state index in [1.807, 2.05) is 25.9 Å². The Balaban J connectivity index is 2.02. The predicted molar refractivity (Wildman–Crippen MR) is 106 cm³/mol. The number of carbonyl (C=O) groups excluding carboxylic acids is 1. The van der Waals surface area contributed by atoms with Crippen molar-refractivity contribution in [2.75, 3.05) is 38.5 Å². The predicted octanol–water partition coefficient (Wildman–Crippen LogP) is 2.18. The van der Waals surface area contributed by atoms with Crippen LogP contribution in [0, 0.1) is 0 Å². The normalized spacial score (nSPS) is 11.3. The second-order valence-corrected chi connectivity index (χ2v) is 7.83. The lowest BCUT2D eigenvalue weighted by atomic mass is 10.2. The number of nitrogens with one attached hydrogen (secondary N) is 2. The molecule has 146 valence electrons. The fourth-order valence-corrected chi connectivity index (χ4v) is 3.34. The highest BCUT2D eigenvalue weighted by Gasteiger charge is 2.15. The summed E-state index contributed by atoms with van der Waals surface area (Å²) < 4.78 is 32.8. The third kappa shape index (κ3) is 6.26. The second-order valence-electron chi connectivity index (χ2n) is 6.15. The van der Waals surface area contributed by atoms with E-state index in [0.717, 1.165) is 6.54 Å². The van der Waals surface area contributed by atoms with Gasteiger partial charge in [0.05, 0.1) is 11.5 Å². The topological polar surface area (TPSA) is 87.7 Å². The van der Waals surface area contributed by atoms with Gasteiger partial charge in [0.1, 0.15) is 5.75 Å². The summed E-state index contributed by atoms with van der Waals surface area (Å²) in [6.07, 6.45) is 0. The highest BCUT2D eigenvalue weighted by Crippen LogP contribution is 2.20. The van der Waals surface area contributed by atoms with Gasteiger partial charge in [-0.15, -0.1) is 0 Å². The van der Waals surface area contributed by atoms with Crippen LogP contribution in [-0.2, 0) is 10.0 Å². The van der Waals surface area contributed by atoms with E-state index in [-0.39, 0.29) is 10.8 Å². The number of ether oxygens (including phenoxy) is 1. The fraction of sp³-hybridized carbons (Fsp3) is 0.316. The summed E-state index contributed by atoms with van der Waals surface area (Å²) in [5.74, 6) is 0.436. The molecular formula is C19H25N3O4S. The molecule has 8 heteroatoms. The van der Waals surface area contributed by atoms with Gasteiger partial charge >= 0.3 is 0 Å². The minimum atomic E-state index is -3.74. The Morgan fingerprint density at radius 1 is 1.04 bits per heavy atom. The van der Waals surface area contributed by atoms with Gasteiger partial charge < -0.3 is 15.0 Å². The van der Waals surface area contributed by atoms with Gasteiger partial charge in [-0.1, -0.05) is 0 Å². The maximum Gasteiger partial charge on any atom is 0.261 e. The van der Waals surface area contributed by atoms with Crippen LogP contribution in [0.25, 0.3) is 0 Å². The summed E-state index contributed by atoms with van der Waals surface area (Å²) in [5.41, 5.74) is 0.845. The molecule has 0 saturated carbocycles. The minimum Gasteiger partial charge on any atom is -0.494 e. The summed E-state index contributed by atoms with van der Waals surface area (Å²) in [7, 11) is 0.101. The lowest BCUT2D eigenvalue weighted by Gasteiger charge is -2.11. The Morgan fingerprint density at radius 3 is 2.22 bits per heavy atom. The number of anilines is 1. The standard InChI is InChI=1S/C19H25N3O4S/c1-4-26-17-9-7-16(8-10-17)21-27(24,25)18-11-5-15(6-12-18)19(23)20-13-14-22(2)3/h5-12,21H,4,13-14H2,1-3H3,(H,20,23). The molecule has 0 bridgehead atoms.